The van der Waals surface area contributed by atoms with Crippen molar-refractivity contribution in [3.05, 3.63) is 78.2 Å². The molecule has 0 spiro atoms. The summed E-state index contributed by atoms with van der Waals surface area (Å²) in [5, 5.41) is 19.5. The Kier molecular flexibility index (Phi) is 5.13. The summed E-state index contributed by atoms with van der Waals surface area (Å²) in [5.41, 5.74) is 4.85. The number of nitrogens with one attached hydrogen (secondary N) is 1. The lowest BCUT2D eigenvalue weighted by Gasteiger charge is -2.36. The average Bonchev–Trinajstić information content (AvgIpc) is 3.37. The van der Waals surface area contributed by atoms with Gasteiger partial charge in [0.1, 0.15) is 5.84 Å². The van der Waals surface area contributed by atoms with Gasteiger partial charge in [-0.15, -0.1) is 0 Å². The number of benzene rings is 2. The number of piperidine rings is 1. The van der Waals surface area contributed by atoms with Crippen LogP contribution in [0.1, 0.15) is 36.4 Å². The molecule has 5 heteroatoms. The maximum atomic E-state index is 11.1. The summed E-state index contributed by atoms with van der Waals surface area (Å²) < 4.78 is 2.21. The van der Waals surface area contributed by atoms with Gasteiger partial charge in [0.2, 0.25) is 0 Å². The van der Waals surface area contributed by atoms with Gasteiger partial charge in [-0.2, -0.15) is 0 Å². The minimum Gasteiger partial charge on any atom is -0.393 e. The zero-order valence-electron chi connectivity index (χ0n) is 17.1. The van der Waals surface area contributed by atoms with E-state index in [9.17, 15) is 5.11 Å². The highest BCUT2D eigenvalue weighted by Gasteiger charge is 2.33. The third kappa shape index (κ3) is 3.54. The smallest absolute Gasteiger partial charge is 0.100 e. The van der Waals surface area contributed by atoms with Crippen molar-refractivity contribution in [3.63, 3.8) is 0 Å². The van der Waals surface area contributed by atoms with E-state index in [1.807, 2.05) is 30.7 Å². The maximum Gasteiger partial charge on any atom is 0.100 e. The summed E-state index contributed by atoms with van der Waals surface area (Å²) in [4.78, 5) is 6.50. The van der Waals surface area contributed by atoms with Gasteiger partial charge in [0.25, 0.3) is 0 Å². The number of aliphatic hydroxyl groups is 1. The van der Waals surface area contributed by atoms with E-state index in [-0.39, 0.29) is 18.1 Å². The van der Waals surface area contributed by atoms with Gasteiger partial charge in [0, 0.05) is 25.1 Å². The fraction of sp³-hybridized carbons (Fsp3) is 0.360. The molecule has 0 bridgehead atoms. The Labute approximate surface area is 177 Å². The van der Waals surface area contributed by atoms with Crippen molar-refractivity contribution >= 4 is 5.84 Å². The second-order valence-corrected chi connectivity index (χ2v) is 8.53. The second kappa shape index (κ2) is 8.07. The number of fused-ring (bicyclic) bond motifs is 3. The van der Waals surface area contributed by atoms with Gasteiger partial charge in [0.05, 0.1) is 30.4 Å². The molecule has 2 atom stereocenters. The molecule has 1 aromatic heterocycles. The largest absolute Gasteiger partial charge is 0.393 e. The average molecular weight is 401 g/mol. The molecule has 0 radical (unpaired) electrons. The molecule has 2 aliphatic rings. The lowest BCUT2D eigenvalue weighted by atomic mass is 9.86. The Morgan fingerprint density at radius 1 is 1.07 bits per heavy atom. The molecule has 3 aromatic rings. The van der Waals surface area contributed by atoms with Gasteiger partial charge in [-0.1, -0.05) is 54.6 Å². The van der Waals surface area contributed by atoms with Crippen LogP contribution in [-0.2, 0) is 6.42 Å². The van der Waals surface area contributed by atoms with Crippen LogP contribution in [0.3, 0.4) is 0 Å². The molecule has 2 aromatic carbocycles. The van der Waals surface area contributed by atoms with E-state index in [0.29, 0.717) is 18.7 Å². The number of hydrogen-bond donors (Lipinski definition) is 2. The molecule has 2 N–H and O–H groups in total. The van der Waals surface area contributed by atoms with E-state index >= 15 is 0 Å². The molecule has 0 amide bonds. The molecular weight excluding hydrogens is 372 g/mol. The standard InChI is InChI=1S/C25H28N4O/c26-25(14-18-6-2-1-3-7-18)28-12-10-19(11-13-28)24(30)15-22-20-8-4-5-9-21(20)23-16-27-17-29(22)23/h1-9,16-17,19,22,24,26,30H,10-15H2. The normalized spacial score (nSPS) is 19.4. The van der Waals surface area contributed by atoms with E-state index in [4.69, 9.17) is 5.41 Å². The van der Waals surface area contributed by atoms with Gasteiger partial charge < -0.3 is 14.6 Å². The van der Waals surface area contributed by atoms with Crippen molar-refractivity contribution < 1.29 is 5.11 Å². The SMILES string of the molecule is N=C(Cc1ccccc1)N1CCC(C(O)CC2c3ccccc3-c3cncn32)CC1. The zero-order chi connectivity index (χ0) is 20.5. The van der Waals surface area contributed by atoms with Crippen LogP contribution in [0, 0.1) is 11.3 Å². The molecule has 3 heterocycles. The molecule has 154 valence electrons. The first-order valence-electron chi connectivity index (χ1n) is 10.9. The van der Waals surface area contributed by atoms with Gasteiger partial charge in [-0.3, -0.25) is 5.41 Å². The number of nitrogens with zero attached hydrogens (tertiary/aromatic N) is 3. The number of imidazole rings is 1. The number of likely N-dealkylation sites (tertiary alicyclic amines) is 1. The third-order valence-corrected chi connectivity index (χ3v) is 6.74. The Morgan fingerprint density at radius 3 is 2.60 bits per heavy atom. The summed E-state index contributed by atoms with van der Waals surface area (Å²) in [7, 11) is 0. The van der Waals surface area contributed by atoms with Crippen LogP contribution in [0.5, 0.6) is 0 Å². The van der Waals surface area contributed by atoms with Crippen LogP contribution in [0.2, 0.25) is 0 Å². The first kappa shape index (κ1) is 19.1. The molecule has 5 nitrogen and oxygen atoms in total. The number of rotatable bonds is 5. The first-order valence-corrected chi connectivity index (χ1v) is 10.9. The van der Waals surface area contributed by atoms with Crippen molar-refractivity contribution in [2.24, 2.45) is 5.92 Å². The quantitative estimate of drug-likeness (QED) is 0.500. The monoisotopic (exact) mass is 400 g/mol. The first-order chi connectivity index (χ1) is 14.7. The minimum atomic E-state index is -0.345. The van der Waals surface area contributed by atoms with Crippen LogP contribution in [-0.4, -0.2) is 44.6 Å². The molecule has 5 rings (SSSR count). The van der Waals surface area contributed by atoms with Crippen LogP contribution in [0.4, 0.5) is 0 Å². The second-order valence-electron chi connectivity index (χ2n) is 8.53. The Bertz CT molecular complexity index is 1020. The number of amidine groups is 1. The van der Waals surface area contributed by atoms with Crippen LogP contribution < -0.4 is 0 Å². The topological polar surface area (TPSA) is 65.1 Å². The predicted molar refractivity (Wildman–Crippen MR) is 119 cm³/mol. The van der Waals surface area contributed by atoms with Crippen molar-refractivity contribution in [1.82, 2.24) is 14.5 Å². The van der Waals surface area contributed by atoms with E-state index in [0.717, 1.165) is 31.6 Å². The Balaban J connectivity index is 1.20. The van der Waals surface area contributed by atoms with Gasteiger partial charge >= 0.3 is 0 Å². The number of hydrogen-bond acceptors (Lipinski definition) is 3. The summed E-state index contributed by atoms with van der Waals surface area (Å²) >= 11 is 0. The molecule has 1 fully saturated rings. The van der Waals surface area contributed by atoms with Crippen molar-refractivity contribution in [2.75, 3.05) is 13.1 Å². The van der Waals surface area contributed by atoms with Gasteiger partial charge in [0.15, 0.2) is 0 Å². The van der Waals surface area contributed by atoms with E-state index in [1.54, 1.807) is 0 Å². The highest BCUT2D eigenvalue weighted by Crippen LogP contribution is 2.42. The highest BCUT2D eigenvalue weighted by molar-refractivity contribution is 5.81. The maximum absolute atomic E-state index is 11.1. The fourth-order valence-corrected chi connectivity index (χ4v) is 5.05. The molecular formula is C25H28N4O. The van der Waals surface area contributed by atoms with Crippen LogP contribution in [0.25, 0.3) is 11.3 Å². The lowest BCUT2D eigenvalue weighted by molar-refractivity contribution is 0.0593. The predicted octanol–water partition coefficient (Wildman–Crippen LogP) is 4.14. The molecule has 30 heavy (non-hydrogen) atoms. The van der Waals surface area contributed by atoms with E-state index in [2.05, 4.69) is 50.8 Å². The third-order valence-electron chi connectivity index (χ3n) is 6.74. The highest BCUT2D eigenvalue weighted by atomic mass is 16.3. The fourth-order valence-electron chi connectivity index (χ4n) is 5.05. The summed E-state index contributed by atoms with van der Waals surface area (Å²) in [6, 6.07) is 18.8. The number of aliphatic hydroxyl groups excluding tert-OH is 1. The molecule has 0 aliphatic carbocycles. The van der Waals surface area contributed by atoms with Gasteiger partial charge in [-0.05, 0) is 36.3 Å². The number of aromatic nitrogens is 2. The summed E-state index contributed by atoms with van der Waals surface area (Å²) in [5.74, 6) is 0.965. The summed E-state index contributed by atoms with van der Waals surface area (Å²) in [6.45, 7) is 1.70. The molecule has 2 unspecified atom stereocenters. The molecule has 2 aliphatic heterocycles. The van der Waals surface area contributed by atoms with Gasteiger partial charge in [-0.25, -0.2) is 4.98 Å². The summed E-state index contributed by atoms with van der Waals surface area (Å²) in [6.07, 6.45) is 6.72. The minimum absolute atomic E-state index is 0.156. The van der Waals surface area contributed by atoms with Crippen molar-refractivity contribution in [3.8, 4) is 11.3 Å². The van der Waals surface area contributed by atoms with Crippen molar-refractivity contribution in [1.29, 1.82) is 5.41 Å². The van der Waals surface area contributed by atoms with Crippen LogP contribution >= 0.6 is 0 Å². The van der Waals surface area contributed by atoms with E-state index in [1.165, 1.54) is 16.7 Å². The Morgan fingerprint density at radius 2 is 1.80 bits per heavy atom. The van der Waals surface area contributed by atoms with Crippen LogP contribution in [0.15, 0.2) is 67.1 Å². The molecule has 1 saturated heterocycles. The molecule has 0 saturated carbocycles. The lowest BCUT2D eigenvalue weighted by Crippen LogP contribution is -2.42. The van der Waals surface area contributed by atoms with E-state index < -0.39 is 0 Å². The van der Waals surface area contributed by atoms with Crippen molar-refractivity contribution in [2.45, 2.75) is 37.8 Å². The zero-order valence-corrected chi connectivity index (χ0v) is 17.1. The Hall–Kier alpha value is -2.92.